The number of aromatic nitrogens is 2. The first-order valence-corrected chi connectivity index (χ1v) is 10.0. The van der Waals surface area contributed by atoms with Gasteiger partial charge in [-0.2, -0.15) is 0 Å². The monoisotopic (exact) mass is 379 g/mol. The third-order valence-electron chi connectivity index (χ3n) is 5.37. The summed E-state index contributed by atoms with van der Waals surface area (Å²) >= 11 is 0. The molecule has 2 aromatic heterocycles. The highest BCUT2D eigenvalue weighted by Gasteiger charge is 2.29. The van der Waals surface area contributed by atoms with Crippen LogP contribution in [0.3, 0.4) is 0 Å². The lowest BCUT2D eigenvalue weighted by atomic mass is 9.94. The van der Waals surface area contributed by atoms with Crippen LogP contribution >= 0.6 is 0 Å². The van der Waals surface area contributed by atoms with E-state index in [1.807, 2.05) is 31.7 Å². The molecule has 1 saturated heterocycles. The second-order valence-corrected chi connectivity index (χ2v) is 7.58. The molecular weight excluding hydrogens is 350 g/mol. The molecular formula is C22H29N5O. The molecule has 1 aliphatic heterocycles. The molecule has 3 heterocycles. The summed E-state index contributed by atoms with van der Waals surface area (Å²) in [7, 11) is 0. The molecule has 0 saturated carbocycles. The van der Waals surface area contributed by atoms with Crippen molar-refractivity contribution in [3.05, 3.63) is 78.3 Å². The molecule has 0 spiro atoms. The van der Waals surface area contributed by atoms with Crippen LogP contribution in [0.25, 0.3) is 0 Å². The fraction of sp³-hybridized carbons (Fsp3) is 0.409. The van der Waals surface area contributed by atoms with Crippen molar-refractivity contribution < 1.29 is 4.42 Å². The molecule has 4 rings (SSSR count). The molecule has 1 fully saturated rings. The Kier molecular flexibility index (Phi) is 6.21. The zero-order chi connectivity index (χ0) is 19.2. The zero-order valence-corrected chi connectivity index (χ0v) is 16.4. The van der Waals surface area contributed by atoms with Crippen LogP contribution in [-0.4, -0.2) is 34.1 Å². The van der Waals surface area contributed by atoms with Crippen LogP contribution in [0, 0.1) is 12.8 Å². The second-order valence-electron chi connectivity index (χ2n) is 7.58. The van der Waals surface area contributed by atoms with Gasteiger partial charge in [-0.05, 0) is 31.0 Å². The Morgan fingerprint density at radius 1 is 1.21 bits per heavy atom. The van der Waals surface area contributed by atoms with Crippen LogP contribution in [0.15, 0.2) is 65.6 Å². The smallest absolute Gasteiger partial charge is 0.118 e. The van der Waals surface area contributed by atoms with Crippen molar-refractivity contribution in [1.82, 2.24) is 25.3 Å². The first-order valence-electron chi connectivity index (χ1n) is 10.0. The van der Waals surface area contributed by atoms with Gasteiger partial charge in [0.05, 0.1) is 18.9 Å². The van der Waals surface area contributed by atoms with E-state index in [-0.39, 0.29) is 0 Å². The van der Waals surface area contributed by atoms with Gasteiger partial charge in [0.1, 0.15) is 11.5 Å². The summed E-state index contributed by atoms with van der Waals surface area (Å²) in [6, 6.07) is 15.2. The number of hydrogen-bond donors (Lipinski definition) is 2. The Hall–Kier alpha value is -2.41. The van der Waals surface area contributed by atoms with Gasteiger partial charge in [-0.15, -0.1) is 0 Å². The Bertz CT molecular complexity index is 830. The van der Waals surface area contributed by atoms with Crippen LogP contribution in [-0.2, 0) is 13.1 Å². The maximum atomic E-state index is 5.85. The summed E-state index contributed by atoms with van der Waals surface area (Å²) in [6.07, 6.45) is 6.83. The van der Waals surface area contributed by atoms with Gasteiger partial charge in [-0.3, -0.25) is 10.3 Å². The molecule has 0 aliphatic carbocycles. The third-order valence-corrected chi connectivity index (χ3v) is 5.37. The molecule has 148 valence electrons. The molecule has 1 aliphatic rings. The molecule has 0 bridgehead atoms. The minimum Gasteiger partial charge on any atom is -0.465 e. The van der Waals surface area contributed by atoms with Crippen molar-refractivity contribution in [2.24, 2.45) is 5.92 Å². The van der Waals surface area contributed by atoms with E-state index in [4.69, 9.17) is 4.42 Å². The molecule has 0 amide bonds. The average molecular weight is 380 g/mol. The van der Waals surface area contributed by atoms with E-state index >= 15 is 0 Å². The van der Waals surface area contributed by atoms with Crippen LogP contribution in [0.1, 0.15) is 29.5 Å². The van der Waals surface area contributed by atoms with E-state index in [2.05, 4.69) is 61.7 Å². The van der Waals surface area contributed by atoms with Gasteiger partial charge in [0.2, 0.25) is 0 Å². The van der Waals surface area contributed by atoms with Gasteiger partial charge in [-0.25, -0.2) is 10.4 Å². The van der Waals surface area contributed by atoms with Gasteiger partial charge in [-0.1, -0.05) is 30.3 Å². The maximum absolute atomic E-state index is 5.85. The fourth-order valence-corrected chi connectivity index (χ4v) is 3.97. The molecule has 6 heteroatoms. The number of aryl methyl sites for hydroxylation is 2. The van der Waals surface area contributed by atoms with Gasteiger partial charge in [0, 0.05) is 44.5 Å². The summed E-state index contributed by atoms with van der Waals surface area (Å²) in [5, 5.41) is 0. The fourth-order valence-electron chi connectivity index (χ4n) is 3.97. The van der Waals surface area contributed by atoms with Crippen LogP contribution < -0.4 is 10.9 Å². The van der Waals surface area contributed by atoms with Crippen molar-refractivity contribution in [1.29, 1.82) is 0 Å². The molecule has 3 aromatic rings. The maximum Gasteiger partial charge on any atom is 0.118 e. The summed E-state index contributed by atoms with van der Waals surface area (Å²) in [6.45, 7) is 6.84. The molecule has 1 aromatic carbocycles. The van der Waals surface area contributed by atoms with E-state index < -0.39 is 0 Å². The van der Waals surface area contributed by atoms with Crippen molar-refractivity contribution in [2.45, 2.75) is 32.5 Å². The summed E-state index contributed by atoms with van der Waals surface area (Å²) in [4.78, 5) is 6.65. The lowest BCUT2D eigenvalue weighted by molar-refractivity contribution is 0.197. The van der Waals surface area contributed by atoms with E-state index in [0.717, 1.165) is 50.7 Å². The van der Waals surface area contributed by atoms with E-state index in [0.29, 0.717) is 12.0 Å². The zero-order valence-electron chi connectivity index (χ0n) is 16.4. The Morgan fingerprint density at radius 3 is 2.86 bits per heavy atom. The van der Waals surface area contributed by atoms with Gasteiger partial charge in [0.15, 0.2) is 0 Å². The molecule has 28 heavy (non-hydrogen) atoms. The van der Waals surface area contributed by atoms with E-state index in [1.54, 1.807) is 0 Å². The first kappa shape index (κ1) is 18.9. The number of hydrazine groups is 1. The SMILES string of the molecule is Cc1ccc(CN(CCCn2ccnc2)CC2CNNC2c2ccccc2)o1. The number of nitrogens with zero attached hydrogens (tertiary/aromatic N) is 3. The second kappa shape index (κ2) is 9.19. The van der Waals surface area contributed by atoms with Gasteiger partial charge in [0.25, 0.3) is 0 Å². The Balaban J connectivity index is 1.41. The predicted octanol–water partition coefficient (Wildman–Crippen LogP) is 3.14. The Labute approximate surface area is 166 Å². The average Bonchev–Trinajstić information content (AvgIpc) is 3.45. The molecule has 2 atom stereocenters. The van der Waals surface area contributed by atoms with Crippen molar-refractivity contribution in [3.63, 3.8) is 0 Å². The Morgan fingerprint density at radius 2 is 2.11 bits per heavy atom. The van der Waals surface area contributed by atoms with Crippen LogP contribution in [0.2, 0.25) is 0 Å². The van der Waals surface area contributed by atoms with Crippen molar-refractivity contribution in [3.8, 4) is 0 Å². The lowest BCUT2D eigenvalue weighted by Crippen LogP contribution is -2.33. The first-order chi connectivity index (χ1) is 13.8. The topological polar surface area (TPSA) is 58.3 Å². The summed E-state index contributed by atoms with van der Waals surface area (Å²) in [5.74, 6) is 2.52. The van der Waals surface area contributed by atoms with Gasteiger partial charge < -0.3 is 8.98 Å². The quantitative estimate of drug-likeness (QED) is 0.598. The van der Waals surface area contributed by atoms with E-state index in [9.17, 15) is 0 Å². The number of imidazole rings is 1. The third kappa shape index (κ3) is 4.90. The standard InChI is InChI=1S/C22H29N5O/c1-18-8-9-21(28-18)16-27(12-5-11-26-13-10-23-17-26)15-20-14-24-25-22(20)19-6-3-2-4-7-19/h2-4,6-10,13,17,20,22,24-25H,5,11-12,14-16H2,1H3. The highest BCUT2D eigenvalue weighted by molar-refractivity contribution is 5.20. The number of rotatable bonds is 9. The largest absolute Gasteiger partial charge is 0.465 e. The summed E-state index contributed by atoms with van der Waals surface area (Å²) in [5.41, 5.74) is 8.16. The molecule has 2 unspecified atom stereocenters. The van der Waals surface area contributed by atoms with Crippen LogP contribution in [0.4, 0.5) is 0 Å². The number of furan rings is 1. The highest BCUT2D eigenvalue weighted by atomic mass is 16.3. The molecule has 6 nitrogen and oxygen atoms in total. The highest BCUT2D eigenvalue weighted by Crippen LogP contribution is 2.26. The number of benzene rings is 1. The van der Waals surface area contributed by atoms with Crippen molar-refractivity contribution >= 4 is 0 Å². The van der Waals surface area contributed by atoms with Crippen LogP contribution in [0.5, 0.6) is 0 Å². The molecule has 0 radical (unpaired) electrons. The minimum atomic E-state index is 0.329. The minimum absolute atomic E-state index is 0.329. The predicted molar refractivity (Wildman–Crippen MR) is 109 cm³/mol. The normalized spacial score (nSPS) is 19.5. The number of nitrogens with one attached hydrogen (secondary N) is 2. The number of hydrogen-bond acceptors (Lipinski definition) is 5. The summed E-state index contributed by atoms with van der Waals surface area (Å²) < 4.78 is 7.99. The molecule has 2 N–H and O–H groups in total. The lowest BCUT2D eigenvalue weighted by Gasteiger charge is -2.27. The van der Waals surface area contributed by atoms with Crippen molar-refractivity contribution in [2.75, 3.05) is 19.6 Å². The van der Waals surface area contributed by atoms with E-state index in [1.165, 1.54) is 5.56 Å². The van der Waals surface area contributed by atoms with Gasteiger partial charge >= 0.3 is 0 Å².